The van der Waals surface area contributed by atoms with Crippen LogP contribution in [0.2, 0.25) is 0 Å². The molecule has 0 fully saturated rings. The lowest BCUT2D eigenvalue weighted by Crippen LogP contribution is -2.21. The first-order chi connectivity index (χ1) is 10.2. The van der Waals surface area contributed by atoms with Gasteiger partial charge in [0.05, 0.1) is 12.2 Å². The second-order valence-electron chi connectivity index (χ2n) is 4.90. The number of carbonyl (C=O) groups excluding carboxylic acids is 1. The molecule has 118 valence electrons. The van der Waals surface area contributed by atoms with Gasteiger partial charge in [-0.05, 0) is 31.0 Å². The van der Waals surface area contributed by atoms with Crippen LogP contribution in [-0.4, -0.2) is 12.6 Å². The lowest BCUT2D eigenvalue weighted by atomic mass is 10.0. The van der Waals surface area contributed by atoms with Crippen LogP contribution in [-0.2, 0) is 11.3 Å². The van der Waals surface area contributed by atoms with Crippen LogP contribution in [0.15, 0.2) is 54.6 Å². The summed E-state index contributed by atoms with van der Waals surface area (Å²) in [5.41, 5.74) is 2.82. The molecule has 0 aliphatic heterocycles. The molecule has 2 aromatic carbocycles. The van der Waals surface area contributed by atoms with Gasteiger partial charge in [-0.1, -0.05) is 48.5 Å². The van der Waals surface area contributed by atoms with E-state index in [1.54, 1.807) is 0 Å². The van der Waals surface area contributed by atoms with E-state index in [0.29, 0.717) is 12.2 Å². The Morgan fingerprint density at radius 3 is 2.41 bits per heavy atom. The van der Waals surface area contributed by atoms with Gasteiger partial charge in [-0.15, -0.1) is 12.4 Å². The van der Waals surface area contributed by atoms with Crippen LogP contribution >= 0.6 is 12.4 Å². The summed E-state index contributed by atoms with van der Waals surface area (Å²) in [6.45, 7) is 5.02. The fourth-order valence-electron chi connectivity index (χ4n) is 2.25. The summed E-state index contributed by atoms with van der Waals surface area (Å²) in [5, 5.41) is 3.44. The van der Waals surface area contributed by atoms with E-state index < -0.39 is 0 Å². The molecule has 0 spiro atoms. The van der Waals surface area contributed by atoms with Crippen molar-refractivity contribution in [3.05, 3.63) is 71.3 Å². The van der Waals surface area contributed by atoms with Gasteiger partial charge in [-0.3, -0.25) is 0 Å². The molecule has 0 aromatic heterocycles. The topological polar surface area (TPSA) is 38.3 Å². The number of carbonyl (C=O) groups is 1. The highest BCUT2D eigenvalue weighted by atomic mass is 35.5. The zero-order valence-corrected chi connectivity index (χ0v) is 13.7. The number of nitrogens with one attached hydrogen (secondary N) is 1. The van der Waals surface area contributed by atoms with Crippen LogP contribution in [0.5, 0.6) is 0 Å². The molecule has 0 radical (unpaired) electrons. The Kier molecular flexibility index (Phi) is 7.64. The molecule has 0 heterocycles. The molecule has 2 rings (SSSR count). The average Bonchev–Trinajstić information content (AvgIpc) is 2.54. The molecule has 4 heteroatoms. The normalized spacial score (nSPS) is 11.4. The number of hydrogen-bond donors (Lipinski definition) is 1. The summed E-state index contributed by atoms with van der Waals surface area (Å²) in [5.74, 6) is -0.263. The second kappa shape index (κ2) is 9.23. The predicted molar refractivity (Wildman–Crippen MR) is 91.3 cm³/mol. The molecule has 0 aliphatic rings. The van der Waals surface area contributed by atoms with E-state index in [2.05, 4.69) is 24.4 Å². The largest absolute Gasteiger partial charge is 0.462 e. The van der Waals surface area contributed by atoms with Gasteiger partial charge in [0, 0.05) is 12.6 Å². The molecule has 0 saturated carbocycles. The Bertz CT molecular complexity index is 587. The zero-order valence-electron chi connectivity index (χ0n) is 12.9. The van der Waals surface area contributed by atoms with Crippen molar-refractivity contribution >= 4 is 18.4 Å². The molecule has 0 saturated heterocycles. The Hall–Kier alpha value is -1.84. The highest BCUT2D eigenvalue weighted by Crippen LogP contribution is 2.19. The summed E-state index contributed by atoms with van der Waals surface area (Å²) in [6, 6.07) is 17.9. The predicted octanol–water partition coefficient (Wildman–Crippen LogP) is 4.14. The van der Waals surface area contributed by atoms with Crippen molar-refractivity contribution in [3.8, 4) is 0 Å². The SMILES string of the molecule is CCOC(=O)c1ccccc1[C@H](C)NCc1ccccc1.Cl. The third-order valence-corrected chi connectivity index (χ3v) is 3.38. The van der Waals surface area contributed by atoms with E-state index in [9.17, 15) is 4.79 Å². The summed E-state index contributed by atoms with van der Waals surface area (Å²) in [4.78, 5) is 12.0. The number of benzene rings is 2. The molecule has 2 aromatic rings. The van der Waals surface area contributed by atoms with Gasteiger partial charge in [-0.2, -0.15) is 0 Å². The van der Waals surface area contributed by atoms with Gasteiger partial charge < -0.3 is 10.1 Å². The third kappa shape index (κ3) is 4.86. The van der Waals surface area contributed by atoms with E-state index in [4.69, 9.17) is 4.74 Å². The number of esters is 1. The summed E-state index contributed by atoms with van der Waals surface area (Å²) in [6.07, 6.45) is 0. The standard InChI is InChI=1S/C18H21NO2.ClH/c1-3-21-18(20)17-12-8-7-11-16(17)14(2)19-13-15-9-5-4-6-10-15;/h4-12,14,19H,3,13H2,1-2H3;1H/t14-;/m0./s1. The van der Waals surface area contributed by atoms with Gasteiger partial charge in [0.2, 0.25) is 0 Å². The van der Waals surface area contributed by atoms with Crippen LogP contribution in [0, 0.1) is 0 Å². The van der Waals surface area contributed by atoms with E-state index in [1.165, 1.54) is 5.56 Å². The van der Waals surface area contributed by atoms with Crippen molar-refractivity contribution < 1.29 is 9.53 Å². The minimum Gasteiger partial charge on any atom is -0.462 e. The van der Waals surface area contributed by atoms with E-state index in [1.807, 2.05) is 49.4 Å². The summed E-state index contributed by atoms with van der Waals surface area (Å²) >= 11 is 0. The number of ether oxygens (including phenoxy) is 1. The molecule has 0 amide bonds. The molecule has 0 bridgehead atoms. The highest BCUT2D eigenvalue weighted by Gasteiger charge is 2.16. The smallest absolute Gasteiger partial charge is 0.338 e. The van der Waals surface area contributed by atoms with Crippen molar-refractivity contribution in [2.45, 2.75) is 26.4 Å². The molecular weight excluding hydrogens is 298 g/mol. The minimum absolute atomic E-state index is 0. The fraction of sp³-hybridized carbons (Fsp3) is 0.278. The molecular formula is C18H22ClNO2. The van der Waals surface area contributed by atoms with Gasteiger partial charge >= 0.3 is 5.97 Å². The maximum absolute atomic E-state index is 12.0. The van der Waals surface area contributed by atoms with Gasteiger partial charge in [-0.25, -0.2) is 4.79 Å². The Labute approximate surface area is 138 Å². The average molecular weight is 320 g/mol. The van der Waals surface area contributed by atoms with Crippen molar-refractivity contribution in [3.63, 3.8) is 0 Å². The van der Waals surface area contributed by atoms with Crippen molar-refractivity contribution in [2.24, 2.45) is 0 Å². The lowest BCUT2D eigenvalue weighted by molar-refractivity contribution is 0.0524. The first kappa shape index (κ1) is 18.2. The van der Waals surface area contributed by atoms with Crippen LogP contribution in [0.4, 0.5) is 0 Å². The van der Waals surface area contributed by atoms with Gasteiger partial charge in [0.1, 0.15) is 0 Å². The lowest BCUT2D eigenvalue weighted by Gasteiger charge is -2.17. The van der Waals surface area contributed by atoms with Crippen LogP contribution < -0.4 is 5.32 Å². The van der Waals surface area contributed by atoms with E-state index in [-0.39, 0.29) is 24.4 Å². The summed E-state index contributed by atoms with van der Waals surface area (Å²) in [7, 11) is 0. The van der Waals surface area contributed by atoms with E-state index in [0.717, 1.165) is 12.1 Å². The second-order valence-corrected chi connectivity index (χ2v) is 4.90. The summed E-state index contributed by atoms with van der Waals surface area (Å²) < 4.78 is 5.11. The number of rotatable bonds is 6. The maximum Gasteiger partial charge on any atom is 0.338 e. The molecule has 1 N–H and O–H groups in total. The van der Waals surface area contributed by atoms with Gasteiger partial charge in [0.15, 0.2) is 0 Å². The molecule has 22 heavy (non-hydrogen) atoms. The Morgan fingerprint density at radius 1 is 1.09 bits per heavy atom. The first-order valence-electron chi connectivity index (χ1n) is 7.25. The monoisotopic (exact) mass is 319 g/mol. The number of halogens is 1. The Balaban J connectivity index is 0.00000242. The van der Waals surface area contributed by atoms with Crippen LogP contribution in [0.1, 0.15) is 41.4 Å². The zero-order chi connectivity index (χ0) is 15.1. The van der Waals surface area contributed by atoms with Crippen molar-refractivity contribution in [1.82, 2.24) is 5.32 Å². The minimum atomic E-state index is -0.263. The van der Waals surface area contributed by atoms with Crippen LogP contribution in [0.3, 0.4) is 0 Å². The molecule has 0 unspecified atom stereocenters. The molecule has 3 nitrogen and oxygen atoms in total. The van der Waals surface area contributed by atoms with Crippen molar-refractivity contribution in [2.75, 3.05) is 6.61 Å². The molecule has 1 atom stereocenters. The quantitative estimate of drug-likeness (QED) is 0.813. The first-order valence-corrected chi connectivity index (χ1v) is 7.25. The van der Waals surface area contributed by atoms with Gasteiger partial charge in [0.25, 0.3) is 0 Å². The fourth-order valence-corrected chi connectivity index (χ4v) is 2.25. The number of hydrogen-bond acceptors (Lipinski definition) is 3. The van der Waals surface area contributed by atoms with Crippen molar-refractivity contribution in [1.29, 1.82) is 0 Å². The van der Waals surface area contributed by atoms with Crippen LogP contribution in [0.25, 0.3) is 0 Å². The van der Waals surface area contributed by atoms with E-state index >= 15 is 0 Å². The Morgan fingerprint density at radius 2 is 1.73 bits per heavy atom. The maximum atomic E-state index is 12.0. The third-order valence-electron chi connectivity index (χ3n) is 3.38. The highest BCUT2D eigenvalue weighted by molar-refractivity contribution is 5.91. The molecule has 0 aliphatic carbocycles.